The summed E-state index contributed by atoms with van der Waals surface area (Å²) >= 11 is 1.15. The average molecular weight is 246 g/mol. The maximum absolute atomic E-state index is 10.8. The molecule has 1 unspecified atom stereocenters. The van der Waals surface area contributed by atoms with Crippen molar-refractivity contribution < 1.29 is 24.5 Å². The summed E-state index contributed by atoms with van der Waals surface area (Å²) in [4.78, 5) is 11.9. The van der Waals surface area contributed by atoms with Gasteiger partial charge in [-0.1, -0.05) is 0 Å². The van der Waals surface area contributed by atoms with E-state index in [1.54, 1.807) is 13.0 Å². The molecule has 1 rings (SSSR count). The molecule has 2 N–H and O–H groups in total. The normalized spacial score (nSPS) is 12.4. The average Bonchev–Trinajstić information content (AvgIpc) is 2.57. The van der Waals surface area contributed by atoms with E-state index < -0.39 is 12.1 Å². The molecule has 6 heteroatoms. The van der Waals surface area contributed by atoms with Gasteiger partial charge in [-0.15, -0.1) is 11.3 Å². The van der Waals surface area contributed by atoms with Crippen LogP contribution in [0.2, 0.25) is 0 Å². The van der Waals surface area contributed by atoms with E-state index in [2.05, 4.69) is 0 Å². The van der Waals surface area contributed by atoms with E-state index in [0.717, 1.165) is 16.2 Å². The smallest absolute Gasteiger partial charge is 0.349 e. The summed E-state index contributed by atoms with van der Waals surface area (Å²) in [7, 11) is 1.47. The van der Waals surface area contributed by atoms with Gasteiger partial charge in [0, 0.05) is 12.0 Å². The number of thiophene rings is 1. The fourth-order valence-corrected chi connectivity index (χ4v) is 1.97. The molecule has 0 aromatic carbocycles. The summed E-state index contributed by atoms with van der Waals surface area (Å²) in [5.41, 5.74) is 0. The van der Waals surface area contributed by atoms with E-state index in [-0.39, 0.29) is 18.1 Å². The number of aliphatic hydroxyl groups is 1. The van der Waals surface area contributed by atoms with E-state index in [4.69, 9.17) is 14.6 Å². The number of aryl methyl sites for hydroxylation is 1. The number of methoxy groups -OCH3 is 1. The zero-order valence-electron chi connectivity index (χ0n) is 9.10. The van der Waals surface area contributed by atoms with Crippen LogP contribution in [0.1, 0.15) is 14.5 Å². The molecular weight excluding hydrogens is 232 g/mol. The van der Waals surface area contributed by atoms with Gasteiger partial charge in [0.05, 0.1) is 6.61 Å². The van der Waals surface area contributed by atoms with Gasteiger partial charge in [0.25, 0.3) is 0 Å². The van der Waals surface area contributed by atoms with Crippen molar-refractivity contribution in [2.75, 3.05) is 20.3 Å². The first-order valence-electron chi connectivity index (χ1n) is 4.68. The molecule has 0 aliphatic carbocycles. The van der Waals surface area contributed by atoms with E-state index in [1.165, 1.54) is 7.11 Å². The van der Waals surface area contributed by atoms with Crippen LogP contribution in [-0.4, -0.2) is 42.6 Å². The number of ether oxygens (including phenoxy) is 2. The topological polar surface area (TPSA) is 76.0 Å². The number of aromatic carboxylic acids is 1. The van der Waals surface area contributed by atoms with Crippen LogP contribution in [0.15, 0.2) is 6.07 Å². The Labute approximate surface area is 97.2 Å². The molecule has 0 saturated carbocycles. The number of hydrogen-bond acceptors (Lipinski definition) is 5. The Bertz CT molecular complexity index is 360. The van der Waals surface area contributed by atoms with Crippen LogP contribution in [0.5, 0.6) is 5.75 Å². The fourth-order valence-electron chi connectivity index (χ4n) is 1.17. The molecule has 1 aromatic heterocycles. The molecule has 0 amide bonds. The molecule has 0 radical (unpaired) electrons. The lowest BCUT2D eigenvalue weighted by Crippen LogP contribution is -2.22. The van der Waals surface area contributed by atoms with Crippen LogP contribution < -0.4 is 4.74 Å². The van der Waals surface area contributed by atoms with E-state index in [1.807, 2.05) is 0 Å². The summed E-state index contributed by atoms with van der Waals surface area (Å²) in [5, 5.41) is 18.2. The molecular formula is C10H14O5S. The van der Waals surface area contributed by atoms with Crippen molar-refractivity contribution in [2.24, 2.45) is 0 Å². The Morgan fingerprint density at radius 1 is 1.56 bits per heavy atom. The van der Waals surface area contributed by atoms with Crippen LogP contribution in [0, 0.1) is 6.92 Å². The van der Waals surface area contributed by atoms with Gasteiger partial charge in [0.15, 0.2) is 4.88 Å². The van der Waals surface area contributed by atoms with Gasteiger partial charge in [-0.25, -0.2) is 4.79 Å². The van der Waals surface area contributed by atoms with Gasteiger partial charge in [-0.3, -0.25) is 0 Å². The van der Waals surface area contributed by atoms with Gasteiger partial charge in [0.2, 0.25) is 0 Å². The minimum atomic E-state index is -1.02. The van der Waals surface area contributed by atoms with Crippen molar-refractivity contribution in [3.63, 3.8) is 0 Å². The lowest BCUT2D eigenvalue weighted by Gasteiger charge is -2.10. The van der Waals surface area contributed by atoms with Crippen molar-refractivity contribution in [1.82, 2.24) is 0 Å². The quantitative estimate of drug-likeness (QED) is 0.787. The van der Waals surface area contributed by atoms with E-state index >= 15 is 0 Å². The zero-order chi connectivity index (χ0) is 12.1. The molecule has 0 saturated heterocycles. The molecule has 0 bridgehead atoms. The van der Waals surface area contributed by atoms with Gasteiger partial charge >= 0.3 is 5.97 Å². The van der Waals surface area contributed by atoms with Crippen molar-refractivity contribution in [1.29, 1.82) is 0 Å². The third kappa shape index (κ3) is 3.48. The second kappa shape index (κ2) is 5.83. The Hall–Kier alpha value is -1.11. The van der Waals surface area contributed by atoms with Crippen LogP contribution in [-0.2, 0) is 4.74 Å². The highest BCUT2D eigenvalue weighted by Crippen LogP contribution is 2.28. The summed E-state index contributed by atoms with van der Waals surface area (Å²) in [6.07, 6.45) is -0.758. The molecule has 0 aliphatic heterocycles. The summed E-state index contributed by atoms with van der Waals surface area (Å²) in [5.74, 6) is -0.723. The first-order valence-corrected chi connectivity index (χ1v) is 5.49. The third-order valence-corrected chi connectivity index (χ3v) is 2.83. The first-order chi connectivity index (χ1) is 7.54. The Morgan fingerprint density at radius 3 is 2.81 bits per heavy atom. The molecule has 5 nitrogen and oxygen atoms in total. The first kappa shape index (κ1) is 13.0. The minimum Gasteiger partial charge on any atom is -0.489 e. The fraction of sp³-hybridized carbons (Fsp3) is 0.500. The Balaban J connectivity index is 2.62. The zero-order valence-corrected chi connectivity index (χ0v) is 9.91. The highest BCUT2D eigenvalue weighted by molar-refractivity contribution is 7.14. The molecule has 1 heterocycles. The summed E-state index contributed by atoms with van der Waals surface area (Å²) in [6, 6.07) is 1.65. The SMILES string of the molecule is COCC(O)COc1cc(C)sc1C(=O)O. The molecule has 1 atom stereocenters. The third-order valence-electron chi connectivity index (χ3n) is 1.81. The van der Waals surface area contributed by atoms with Crippen LogP contribution in [0.3, 0.4) is 0 Å². The molecule has 0 fully saturated rings. The van der Waals surface area contributed by atoms with Gasteiger partial charge < -0.3 is 19.7 Å². The number of carbonyl (C=O) groups is 1. The Kier molecular flexibility index (Phi) is 4.72. The second-order valence-electron chi connectivity index (χ2n) is 3.28. The lowest BCUT2D eigenvalue weighted by molar-refractivity contribution is 0.0321. The van der Waals surface area contributed by atoms with Crippen molar-refractivity contribution >= 4 is 17.3 Å². The van der Waals surface area contributed by atoms with Crippen LogP contribution >= 0.6 is 11.3 Å². The summed E-state index contributed by atoms with van der Waals surface area (Å²) < 4.78 is 9.96. The van der Waals surface area contributed by atoms with Gasteiger partial charge in [-0.2, -0.15) is 0 Å². The number of aliphatic hydroxyl groups excluding tert-OH is 1. The van der Waals surface area contributed by atoms with E-state index in [0.29, 0.717) is 5.75 Å². The second-order valence-corrected chi connectivity index (χ2v) is 4.53. The lowest BCUT2D eigenvalue weighted by atomic mass is 10.4. The highest BCUT2D eigenvalue weighted by atomic mass is 32.1. The van der Waals surface area contributed by atoms with Crippen molar-refractivity contribution in [2.45, 2.75) is 13.0 Å². The molecule has 0 spiro atoms. The van der Waals surface area contributed by atoms with Gasteiger partial charge in [0.1, 0.15) is 18.5 Å². The maximum Gasteiger partial charge on any atom is 0.349 e. The number of carboxylic acids is 1. The number of rotatable bonds is 6. The largest absolute Gasteiger partial charge is 0.489 e. The van der Waals surface area contributed by atoms with Crippen molar-refractivity contribution in [3.8, 4) is 5.75 Å². The van der Waals surface area contributed by atoms with E-state index in [9.17, 15) is 9.90 Å². The number of hydrogen-bond donors (Lipinski definition) is 2. The Morgan fingerprint density at radius 2 is 2.25 bits per heavy atom. The number of carboxylic acid groups (broad SMARTS) is 1. The maximum atomic E-state index is 10.8. The summed E-state index contributed by atoms with van der Waals surface area (Å²) in [6.45, 7) is 1.98. The van der Waals surface area contributed by atoms with Crippen LogP contribution in [0.4, 0.5) is 0 Å². The monoisotopic (exact) mass is 246 g/mol. The minimum absolute atomic E-state index is 0.0181. The predicted molar refractivity (Wildman–Crippen MR) is 59.4 cm³/mol. The van der Waals surface area contributed by atoms with Crippen LogP contribution in [0.25, 0.3) is 0 Å². The molecule has 1 aromatic rings. The molecule has 0 aliphatic rings. The molecule has 16 heavy (non-hydrogen) atoms. The molecule has 90 valence electrons. The highest BCUT2D eigenvalue weighted by Gasteiger charge is 2.16. The van der Waals surface area contributed by atoms with Crippen molar-refractivity contribution in [3.05, 3.63) is 15.8 Å². The standard InChI is InChI=1S/C10H14O5S/c1-6-3-8(9(16-6)10(12)13)15-5-7(11)4-14-2/h3,7,11H,4-5H2,1-2H3,(H,12,13). The predicted octanol–water partition coefficient (Wildman–Crippen LogP) is 1.14. The van der Waals surface area contributed by atoms with Gasteiger partial charge in [-0.05, 0) is 13.0 Å².